The van der Waals surface area contributed by atoms with Gasteiger partial charge in [0.15, 0.2) is 0 Å². The van der Waals surface area contributed by atoms with Crippen LogP contribution in [0, 0.1) is 15.4 Å². The van der Waals surface area contributed by atoms with E-state index in [1.165, 1.54) is 0 Å². The van der Waals surface area contributed by atoms with Crippen molar-refractivity contribution in [1.29, 1.82) is 0 Å². The zero-order valence-corrected chi connectivity index (χ0v) is 32.7. The quantitative estimate of drug-likeness (QED) is 0.0807. The number of carbonyl (C=O) groups excluding carboxylic acids is 4. The third-order valence-electron chi connectivity index (χ3n) is 9.74. The van der Waals surface area contributed by atoms with Crippen molar-refractivity contribution >= 4 is 69.0 Å². The van der Waals surface area contributed by atoms with Gasteiger partial charge in [-0.25, -0.2) is 9.59 Å². The van der Waals surface area contributed by atoms with E-state index in [1.54, 1.807) is 6.92 Å². The van der Waals surface area contributed by atoms with Crippen molar-refractivity contribution in [2.24, 2.45) is 11.8 Å². The van der Waals surface area contributed by atoms with Gasteiger partial charge in [-0.3, -0.25) is 9.59 Å². The first kappa shape index (κ1) is 39.0. The molecule has 278 valence electrons. The van der Waals surface area contributed by atoms with Crippen LogP contribution < -0.4 is 16.0 Å². The summed E-state index contributed by atoms with van der Waals surface area (Å²) in [6, 6.07) is 11.1. The lowest BCUT2D eigenvalue weighted by atomic mass is 9.78. The number of hydrogen-bond acceptors (Lipinski definition) is 9. The summed E-state index contributed by atoms with van der Waals surface area (Å²) in [5, 5.41) is 14.1. The highest BCUT2D eigenvalue weighted by Gasteiger charge is 2.47. The molecule has 15 heteroatoms. The molecule has 5 rings (SSSR count). The van der Waals surface area contributed by atoms with Gasteiger partial charge >= 0.3 is 12.1 Å². The lowest BCUT2D eigenvalue weighted by Gasteiger charge is -2.39. The van der Waals surface area contributed by atoms with Crippen LogP contribution in [-0.4, -0.2) is 57.2 Å². The number of aromatic amines is 1. The van der Waals surface area contributed by atoms with Gasteiger partial charge in [0.2, 0.25) is 17.7 Å². The molecule has 2 aromatic carbocycles. The molecule has 4 aromatic rings. The molecule has 52 heavy (non-hydrogen) atoms. The van der Waals surface area contributed by atoms with Crippen LogP contribution in [0.4, 0.5) is 4.79 Å². The molecule has 2 aromatic heterocycles. The molecule has 2 heterocycles. The van der Waals surface area contributed by atoms with Crippen LogP contribution in [0.2, 0.25) is 5.02 Å². The molecular weight excluding hydrogens is 803 g/mol. The molecule has 4 N–H and O–H groups in total. The number of aryl methyl sites for hydroxylation is 1. The number of amides is 3. The van der Waals surface area contributed by atoms with Gasteiger partial charge in [0, 0.05) is 26.1 Å². The van der Waals surface area contributed by atoms with Gasteiger partial charge in [-0.1, -0.05) is 82.5 Å². The zero-order chi connectivity index (χ0) is 37.6. The number of rotatable bonds is 14. The predicted molar refractivity (Wildman–Crippen MR) is 203 cm³/mol. The number of fused-ring (bicyclic) bond motifs is 3. The van der Waals surface area contributed by atoms with Gasteiger partial charge in [0.05, 0.1) is 12.1 Å². The molecule has 0 saturated heterocycles. The van der Waals surface area contributed by atoms with E-state index in [9.17, 15) is 19.2 Å². The maximum Gasteiger partial charge on any atom is 0.408 e. The normalized spacial score (nSPS) is 17.7. The minimum absolute atomic E-state index is 0.0309. The molecule has 0 radical (unpaired) electrons. The summed E-state index contributed by atoms with van der Waals surface area (Å²) in [6.45, 7) is 9.47. The van der Waals surface area contributed by atoms with Crippen molar-refractivity contribution < 1.29 is 33.2 Å². The number of benzene rings is 2. The highest BCUT2D eigenvalue weighted by molar-refractivity contribution is 14.1. The minimum atomic E-state index is -1.47. The van der Waals surface area contributed by atoms with Crippen molar-refractivity contribution in [2.75, 3.05) is 6.61 Å². The molecule has 2 unspecified atom stereocenters. The molecule has 0 aliphatic heterocycles. The Hall–Kier alpha value is -4.18. The number of H-pyrrole nitrogens is 1. The number of carbonyl (C=O) groups is 4. The van der Waals surface area contributed by atoms with Crippen LogP contribution in [-0.2, 0) is 38.5 Å². The van der Waals surface area contributed by atoms with Gasteiger partial charge in [-0.15, -0.1) is 0 Å². The van der Waals surface area contributed by atoms with Gasteiger partial charge in [0.1, 0.15) is 24.2 Å². The fourth-order valence-corrected chi connectivity index (χ4v) is 7.50. The number of hydrogen-bond donors (Lipinski definition) is 4. The Morgan fingerprint density at radius 1 is 1.04 bits per heavy atom. The summed E-state index contributed by atoms with van der Waals surface area (Å²) in [6.07, 6.45) is 1.25. The van der Waals surface area contributed by atoms with Crippen molar-refractivity contribution in [3.63, 3.8) is 0 Å². The second kappa shape index (κ2) is 17.1. The number of esters is 1. The Morgan fingerprint density at radius 3 is 2.46 bits per heavy atom. The number of nitrogens with one attached hydrogen (secondary N) is 4. The zero-order valence-electron chi connectivity index (χ0n) is 29.8. The molecule has 0 saturated carbocycles. The molecule has 0 bridgehead atoms. The van der Waals surface area contributed by atoms with Crippen LogP contribution in [0.5, 0.6) is 0 Å². The maximum absolute atomic E-state index is 14.8. The minimum Gasteiger partial charge on any atom is -0.460 e. The van der Waals surface area contributed by atoms with Crippen molar-refractivity contribution in [3.05, 3.63) is 79.6 Å². The summed E-state index contributed by atoms with van der Waals surface area (Å²) >= 11 is 8.73. The summed E-state index contributed by atoms with van der Waals surface area (Å²) in [4.78, 5) is 62.3. The fraction of sp³-hybridized carbons (Fsp3) is 0.459. The first-order chi connectivity index (χ1) is 24.9. The number of aromatic nitrogens is 3. The van der Waals surface area contributed by atoms with Crippen molar-refractivity contribution in [3.8, 4) is 0 Å². The average Bonchev–Trinajstić information content (AvgIpc) is 3.77. The van der Waals surface area contributed by atoms with E-state index in [4.69, 9.17) is 25.6 Å². The summed E-state index contributed by atoms with van der Waals surface area (Å²) in [7, 11) is 0. The van der Waals surface area contributed by atoms with Crippen LogP contribution in [0.3, 0.4) is 0 Å². The van der Waals surface area contributed by atoms with Gasteiger partial charge in [0.25, 0.3) is 5.82 Å². The summed E-state index contributed by atoms with van der Waals surface area (Å²) in [5.74, 6) is -2.46. The van der Waals surface area contributed by atoms with Crippen LogP contribution in [0.25, 0.3) is 10.9 Å². The van der Waals surface area contributed by atoms with E-state index in [2.05, 4.69) is 53.7 Å². The topological polar surface area (TPSA) is 178 Å². The van der Waals surface area contributed by atoms with E-state index < -0.39 is 41.5 Å². The fourth-order valence-electron chi connectivity index (χ4n) is 6.34. The summed E-state index contributed by atoms with van der Waals surface area (Å²) < 4.78 is 16.9. The van der Waals surface area contributed by atoms with Crippen molar-refractivity contribution in [2.45, 2.75) is 91.0 Å². The van der Waals surface area contributed by atoms with E-state index >= 15 is 0 Å². The number of halogens is 2. The lowest BCUT2D eigenvalue weighted by molar-refractivity contribution is -0.136. The largest absolute Gasteiger partial charge is 0.460 e. The molecular formula is C37H44ClIN6O7. The molecule has 0 spiro atoms. The highest BCUT2D eigenvalue weighted by atomic mass is 127. The molecule has 13 nitrogen and oxygen atoms in total. The van der Waals surface area contributed by atoms with Crippen molar-refractivity contribution in [1.82, 2.24) is 31.1 Å². The molecule has 1 aliphatic carbocycles. The van der Waals surface area contributed by atoms with E-state index in [0.717, 1.165) is 31.3 Å². The Kier molecular flexibility index (Phi) is 12.8. The first-order valence-electron chi connectivity index (χ1n) is 17.5. The smallest absolute Gasteiger partial charge is 0.408 e. The van der Waals surface area contributed by atoms with E-state index in [0.29, 0.717) is 24.3 Å². The Labute approximate surface area is 320 Å². The predicted octanol–water partition coefficient (Wildman–Crippen LogP) is 6.57. The SMILES string of the molecule is CCOC(=O)c1noc([C@@H](NC(=O)[C@@]2(NC(=O)[C@@H](NC(=O)OCc3ccccc3)C(C)CC)CCc3[nH]c4c(I)cc(Cl)cc4c3C2)C(C)CC)n1. The van der Waals surface area contributed by atoms with Gasteiger partial charge in [-0.2, -0.15) is 4.98 Å². The van der Waals surface area contributed by atoms with Crippen LogP contribution in [0.15, 0.2) is 47.0 Å². The molecule has 1 aliphatic rings. The second-order valence-corrected chi connectivity index (χ2v) is 14.8. The van der Waals surface area contributed by atoms with Gasteiger partial charge < -0.3 is 34.9 Å². The van der Waals surface area contributed by atoms with E-state index in [1.807, 2.05) is 70.2 Å². The first-order valence-corrected chi connectivity index (χ1v) is 18.9. The standard InChI is InChI=1S/C37H44ClIN6O7/c1-6-20(4)28(42-36(49)51-19-22-12-10-9-11-13-22)32(46)44-37(15-14-27-25(18-37)24-16-23(38)17-26(39)30(24)40-27)35(48)41-29(21(5)7-2)33-43-31(45-52-33)34(47)50-8-3/h9-13,16-17,20-21,28-29,40H,6-8,14-15,18-19H2,1-5H3,(H,41,48)(H,42,49)(H,44,46)/t20?,21?,28-,29-,37+/m0/s1. The second-order valence-electron chi connectivity index (χ2n) is 13.2. The molecule has 3 amide bonds. The Bertz CT molecular complexity index is 1920. The Morgan fingerprint density at radius 2 is 1.77 bits per heavy atom. The third kappa shape index (κ3) is 8.71. The molecule has 5 atom stereocenters. The van der Waals surface area contributed by atoms with Gasteiger partial charge in [-0.05, 0) is 82.6 Å². The van der Waals surface area contributed by atoms with Crippen LogP contribution >= 0.6 is 34.2 Å². The number of nitrogens with zero attached hydrogens (tertiary/aromatic N) is 2. The van der Waals surface area contributed by atoms with Crippen LogP contribution in [0.1, 0.15) is 93.3 Å². The average molecular weight is 847 g/mol. The molecule has 0 fully saturated rings. The summed E-state index contributed by atoms with van der Waals surface area (Å²) in [5.41, 5.74) is 2.03. The highest BCUT2D eigenvalue weighted by Crippen LogP contribution is 2.38. The van der Waals surface area contributed by atoms with E-state index in [-0.39, 0.29) is 49.6 Å². The lowest BCUT2D eigenvalue weighted by Crippen LogP contribution is -2.65. The Balaban J connectivity index is 1.48. The maximum atomic E-state index is 14.8. The third-order valence-corrected chi connectivity index (χ3v) is 10.8. The number of alkyl carbamates (subject to hydrolysis) is 1. The monoisotopic (exact) mass is 846 g/mol. The number of ether oxygens (including phenoxy) is 2.